The first-order chi connectivity index (χ1) is 3.93. The summed E-state index contributed by atoms with van der Waals surface area (Å²) in [7, 11) is 0. The van der Waals surface area contributed by atoms with E-state index in [4.69, 9.17) is 5.11 Å². The molecule has 1 heterocycles. The summed E-state index contributed by atoms with van der Waals surface area (Å²) >= 11 is 0. The Balaban J connectivity index is 2.23. The lowest BCUT2D eigenvalue weighted by molar-refractivity contribution is 0.299. The summed E-state index contributed by atoms with van der Waals surface area (Å²) in [5.74, 6) is 0. The largest absolute Gasteiger partial charge is 0.396 e. The third-order valence-electron chi connectivity index (χ3n) is 1.32. The molecular formula is C6H11NO. The van der Waals surface area contributed by atoms with Crippen LogP contribution in [-0.4, -0.2) is 24.8 Å². The number of hydrogen-bond donors (Lipinski definition) is 2. The normalized spacial score (nSPS) is 18.9. The van der Waals surface area contributed by atoms with Crippen LogP contribution >= 0.6 is 0 Å². The SMILES string of the molecule is OCCC1=CCNC1. The van der Waals surface area contributed by atoms with Crippen molar-refractivity contribution in [1.82, 2.24) is 5.32 Å². The second-order valence-electron chi connectivity index (χ2n) is 1.97. The highest BCUT2D eigenvalue weighted by molar-refractivity contribution is 5.10. The number of nitrogens with one attached hydrogen (secondary N) is 1. The van der Waals surface area contributed by atoms with Crippen molar-refractivity contribution in [3.05, 3.63) is 11.6 Å². The van der Waals surface area contributed by atoms with E-state index >= 15 is 0 Å². The average molecular weight is 113 g/mol. The predicted molar refractivity (Wildman–Crippen MR) is 32.7 cm³/mol. The summed E-state index contributed by atoms with van der Waals surface area (Å²) in [6, 6.07) is 0. The zero-order valence-corrected chi connectivity index (χ0v) is 4.85. The van der Waals surface area contributed by atoms with Crippen LogP contribution in [0.3, 0.4) is 0 Å². The summed E-state index contributed by atoms with van der Waals surface area (Å²) in [6.07, 6.45) is 2.98. The van der Waals surface area contributed by atoms with Gasteiger partial charge in [-0.3, -0.25) is 0 Å². The Kier molecular flexibility index (Phi) is 2.06. The van der Waals surface area contributed by atoms with E-state index in [0.29, 0.717) is 0 Å². The summed E-state index contributed by atoms with van der Waals surface area (Å²) < 4.78 is 0. The molecule has 2 nitrogen and oxygen atoms in total. The molecule has 0 aromatic rings. The molecule has 0 radical (unpaired) electrons. The summed E-state index contributed by atoms with van der Waals surface area (Å²) in [4.78, 5) is 0. The van der Waals surface area contributed by atoms with Crippen LogP contribution in [0.2, 0.25) is 0 Å². The summed E-state index contributed by atoms with van der Waals surface area (Å²) in [6.45, 7) is 2.24. The first-order valence-electron chi connectivity index (χ1n) is 2.93. The number of rotatable bonds is 2. The van der Waals surface area contributed by atoms with Crippen LogP contribution in [0.25, 0.3) is 0 Å². The minimum Gasteiger partial charge on any atom is -0.396 e. The molecule has 0 fully saturated rings. The van der Waals surface area contributed by atoms with E-state index in [1.165, 1.54) is 5.57 Å². The van der Waals surface area contributed by atoms with Gasteiger partial charge in [-0.05, 0) is 6.42 Å². The number of aliphatic hydroxyl groups is 1. The molecule has 0 atom stereocenters. The molecule has 0 saturated carbocycles. The lowest BCUT2D eigenvalue weighted by Crippen LogP contribution is -2.08. The Labute approximate surface area is 49.2 Å². The molecular weight excluding hydrogens is 102 g/mol. The third-order valence-corrected chi connectivity index (χ3v) is 1.32. The van der Waals surface area contributed by atoms with Gasteiger partial charge in [0.2, 0.25) is 0 Å². The Morgan fingerprint density at radius 3 is 3.12 bits per heavy atom. The lowest BCUT2D eigenvalue weighted by atomic mass is 10.2. The Morgan fingerprint density at radius 1 is 1.75 bits per heavy atom. The molecule has 0 bridgehead atoms. The zero-order chi connectivity index (χ0) is 5.82. The molecule has 46 valence electrons. The van der Waals surface area contributed by atoms with Gasteiger partial charge in [-0.1, -0.05) is 11.6 Å². The molecule has 1 rings (SSSR count). The van der Waals surface area contributed by atoms with Crippen molar-refractivity contribution in [2.45, 2.75) is 6.42 Å². The van der Waals surface area contributed by atoms with Gasteiger partial charge >= 0.3 is 0 Å². The van der Waals surface area contributed by atoms with E-state index in [9.17, 15) is 0 Å². The monoisotopic (exact) mass is 113 g/mol. The standard InChI is InChI=1S/C6H11NO/c8-4-2-6-1-3-7-5-6/h1,7-8H,2-5H2. The van der Waals surface area contributed by atoms with E-state index < -0.39 is 0 Å². The molecule has 0 amide bonds. The smallest absolute Gasteiger partial charge is 0.0468 e. The van der Waals surface area contributed by atoms with E-state index in [1.807, 2.05) is 0 Å². The quantitative estimate of drug-likeness (QED) is 0.490. The molecule has 2 heteroatoms. The summed E-state index contributed by atoms with van der Waals surface area (Å²) in [5, 5.41) is 11.6. The molecule has 1 aliphatic heterocycles. The van der Waals surface area contributed by atoms with Gasteiger partial charge in [0, 0.05) is 19.7 Å². The fourth-order valence-electron chi connectivity index (χ4n) is 0.855. The van der Waals surface area contributed by atoms with Crippen LogP contribution in [0.4, 0.5) is 0 Å². The molecule has 0 aromatic carbocycles. The van der Waals surface area contributed by atoms with E-state index in [0.717, 1.165) is 19.5 Å². The van der Waals surface area contributed by atoms with Crippen LogP contribution < -0.4 is 5.32 Å². The highest BCUT2D eigenvalue weighted by Crippen LogP contribution is 2.01. The molecule has 0 aliphatic carbocycles. The first-order valence-corrected chi connectivity index (χ1v) is 2.93. The maximum Gasteiger partial charge on any atom is 0.0468 e. The fourth-order valence-corrected chi connectivity index (χ4v) is 0.855. The van der Waals surface area contributed by atoms with Crippen molar-refractivity contribution in [2.75, 3.05) is 19.7 Å². The van der Waals surface area contributed by atoms with Crippen LogP contribution in [-0.2, 0) is 0 Å². The van der Waals surface area contributed by atoms with E-state index in [2.05, 4.69) is 11.4 Å². The van der Waals surface area contributed by atoms with Crippen LogP contribution in [0, 0.1) is 0 Å². The Hall–Kier alpha value is -0.340. The van der Waals surface area contributed by atoms with Gasteiger partial charge in [0.15, 0.2) is 0 Å². The van der Waals surface area contributed by atoms with Gasteiger partial charge in [-0.25, -0.2) is 0 Å². The average Bonchev–Trinajstić information content (AvgIpc) is 2.19. The maximum absolute atomic E-state index is 8.46. The van der Waals surface area contributed by atoms with Crippen molar-refractivity contribution < 1.29 is 5.11 Å². The topological polar surface area (TPSA) is 32.3 Å². The highest BCUT2D eigenvalue weighted by atomic mass is 16.2. The maximum atomic E-state index is 8.46. The Morgan fingerprint density at radius 2 is 2.62 bits per heavy atom. The van der Waals surface area contributed by atoms with Crippen molar-refractivity contribution in [3.8, 4) is 0 Å². The molecule has 0 aromatic heterocycles. The molecule has 1 aliphatic rings. The van der Waals surface area contributed by atoms with Gasteiger partial charge < -0.3 is 10.4 Å². The van der Waals surface area contributed by atoms with Crippen molar-refractivity contribution in [1.29, 1.82) is 0 Å². The van der Waals surface area contributed by atoms with E-state index in [-0.39, 0.29) is 6.61 Å². The fraction of sp³-hybridized carbons (Fsp3) is 0.667. The van der Waals surface area contributed by atoms with Crippen molar-refractivity contribution >= 4 is 0 Å². The molecule has 8 heavy (non-hydrogen) atoms. The lowest BCUT2D eigenvalue weighted by Gasteiger charge is -1.93. The van der Waals surface area contributed by atoms with E-state index in [1.54, 1.807) is 0 Å². The van der Waals surface area contributed by atoms with Crippen molar-refractivity contribution in [2.24, 2.45) is 0 Å². The Bertz CT molecular complexity index is 98.7. The van der Waals surface area contributed by atoms with Gasteiger partial charge in [0.1, 0.15) is 0 Å². The first kappa shape index (κ1) is 5.79. The van der Waals surface area contributed by atoms with Crippen LogP contribution in [0.1, 0.15) is 6.42 Å². The molecule has 0 spiro atoms. The second kappa shape index (κ2) is 2.84. The zero-order valence-electron chi connectivity index (χ0n) is 4.85. The minimum absolute atomic E-state index is 0.285. The number of hydrogen-bond acceptors (Lipinski definition) is 2. The van der Waals surface area contributed by atoms with Crippen molar-refractivity contribution in [3.63, 3.8) is 0 Å². The minimum atomic E-state index is 0.285. The van der Waals surface area contributed by atoms with Gasteiger partial charge in [-0.15, -0.1) is 0 Å². The van der Waals surface area contributed by atoms with Gasteiger partial charge in [0.25, 0.3) is 0 Å². The van der Waals surface area contributed by atoms with Gasteiger partial charge in [0.05, 0.1) is 0 Å². The van der Waals surface area contributed by atoms with Crippen LogP contribution in [0.5, 0.6) is 0 Å². The predicted octanol–water partition coefficient (Wildman–Crippen LogP) is -0.102. The highest BCUT2D eigenvalue weighted by Gasteiger charge is 2.00. The molecule has 2 N–H and O–H groups in total. The number of aliphatic hydroxyl groups excluding tert-OH is 1. The van der Waals surface area contributed by atoms with Gasteiger partial charge in [-0.2, -0.15) is 0 Å². The third kappa shape index (κ3) is 1.32. The summed E-state index contributed by atoms with van der Waals surface area (Å²) in [5.41, 5.74) is 1.34. The molecule has 0 saturated heterocycles. The molecule has 0 unspecified atom stereocenters. The second-order valence-corrected chi connectivity index (χ2v) is 1.97. The van der Waals surface area contributed by atoms with Crippen LogP contribution in [0.15, 0.2) is 11.6 Å².